The zero-order valence-corrected chi connectivity index (χ0v) is 18.0. The molecule has 0 unspecified atom stereocenters. The van der Waals surface area contributed by atoms with Crippen LogP contribution in [0.3, 0.4) is 0 Å². The van der Waals surface area contributed by atoms with Gasteiger partial charge in [0.25, 0.3) is 5.91 Å². The minimum Gasteiger partial charge on any atom is -0.352 e. The predicted octanol–water partition coefficient (Wildman–Crippen LogP) is 2.76. The van der Waals surface area contributed by atoms with E-state index >= 15 is 0 Å². The fourth-order valence-corrected chi connectivity index (χ4v) is 4.13. The minimum absolute atomic E-state index is 0.138. The standard InChI is InChI=1S/C19H25N3O4S2/c1-13-10-16(28(25,26)22(3)4)11-17(14(13)2)21-18(23)6-5-8-20-19(24)15-7-9-27-12-15/h7,9-12H,5-6,8H2,1-4H3,(H,20,24)(H,21,23). The van der Waals surface area contributed by atoms with Crippen LogP contribution in [-0.2, 0) is 14.8 Å². The van der Waals surface area contributed by atoms with Crippen molar-refractivity contribution in [1.82, 2.24) is 9.62 Å². The molecule has 1 aromatic carbocycles. The van der Waals surface area contributed by atoms with Crippen molar-refractivity contribution < 1.29 is 18.0 Å². The van der Waals surface area contributed by atoms with E-state index in [-0.39, 0.29) is 23.1 Å². The second kappa shape index (κ2) is 9.31. The maximum Gasteiger partial charge on any atom is 0.252 e. The Balaban J connectivity index is 1.96. The molecular formula is C19H25N3O4S2. The number of rotatable bonds is 8. The van der Waals surface area contributed by atoms with Crippen LogP contribution in [0.15, 0.2) is 33.9 Å². The van der Waals surface area contributed by atoms with Crippen molar-refractivity contribution >= 4 is 38.9 Å². The number of hydrogen-bond acceptors (Lipinski definition) is 5. The average molecular weight is 424 g/mol. The lowest BCUT2D eigenvalue weighted by molar-refractivity contribution is -0.116. The summed E-state index contributed by atoms with van der Waals surface area (Å²) in [5.74, 6) is -0.388. The molecule has 0 aliphatic heterocycles. The maximum absolute atomic E-state index is 12.4. The fraction of sp³-hybridized carbons (Fsp3) is 0.368. The van der Waals surface area contributed by atoms with Gasteiger partial charge in [0.1, 0.15) is 0 Å². The molecule has 0 spiro atoms. The molecule has 0 fully saturated rings. The number of nitrogens with zero attached hydrogens (tertiary/aromatic N) is 1. The molecule has 28 heavy (non-hydrogen) atoms. The molecule has 7 nitrogen and oxygen atoms in total. The van der Waals surface area contributed by atoms with Crippen LogP contribution in [-0.4, -0.2) is 45.2 Å². The molecule has 2 amide bonds. The molecule has 0 bridgehead atoms. The molecule has 1 aromatic heterocycles. The lowest BCUT2D eigenvalue weighted by atomic mass is 10.1. The van der Waals surface area contributed by atoms with Crippen LogP contribution < -0.4 is 10.6 Å². The highest BCUT2D eigenvalue weighted by atomic mass is 32.2. The quantitative estimate of drug-likeness (QED) is 0.638. The van der Waals surface area contributed by atoms with Crippen LogP contribution >= 0.6 is 11.3 Å². The normalized spacial score (nSPS) is 11.5. The summed E-state index contributed by atoms with van der Waals surface area (Å²) in [5, 5.41) is 9.15. The molecule has 2 N–H and O–H groups in total. The van der Waals surface area contributed by atoms with Crippen molar-refractivity contribution in [3.8, 4) is 0 Å². The van der Waals surface area contributed by atoms with Gasteiger partial charge in [-0.2, -0.15) is 11.3 Å². The van der Waals surface area contributed by atoms with Gasteiger partial charge in [0.15, 0.2) is 0 Å². The number of carbonyl (C=O) groups is 2. The van der Waals surface area contributed by atoms with Gasteiger partial charge in [-0.15, -0.1) is 0 Å². The number of hydrogen-bond donors (Lipinski definition) is 2. The van der Waals surface area contributed by atoms with Gasteiger partial charge in [-0.1, -0.05) is 0 Å². The highest BCUT2D eigenvalue weighted by Crippen LogP contribution is 2.25. The lowest BCUT2D eigenvalue weighted by Gasteiger charge is -2.16. The number of sulfonamides is 1. The molecule has 1 heterocycles. The molecule has 0 saturated carbocycles. The first-order valence-electron chi connectivity index (χ1n) is 8.77. The van der Waals surface area contributed by atoms with Crippen molar-refractivity contribution in [3.05, 3.63) is 45.6 Å². The summed E-state index contributed by atoms with van der Waals surface area (Å²) in [5.41, 5.74) is 2.69. The van der Waals surface area contributed by atoms with Gasteiger partial charge >= 0.3 is 0 Å². The van der Waals surface area contributed by atoms with E-state index in [1.807, 2.05) is 12.3 Å². The van der Waals surface area contributed by atoms with Crippen LogP contribution in [0.5, 0.6) is 0 Å². The van der Waals surface area contributed by atoms with E-state index < -0.39 is 10.0 Å². The molecule has 2 rings (SSSR count). The number of anilines is 1. The third kappa shape index (κ3) is 5.40. The van der Waals surface area contributed by atoms with Gasteiger partial charge in [0.05, 0.1) is 4.90 Å². The van der Waals surface area contributed by atoms with Crippen LogP contribution in [0.25, 0.3) is 0 Å². The third-order valence-electron chi connectivity index (χ3n) is 4.34. The number of carbonyl (C=O) groups excluding carboxylic acids is 2. The number of nitrogens with one attached hydrogen (secondary N) is 2. The summed E-state index contributed by atoms with van der Waals surface area (Å²) in [6, 6.07) is 4.82. The molecular weight excluding hydrogens is 398 g/mol. The van der Waals surface area contributed by atoms with Gasteiger partial charge < -0.3 is 10.6 Å². The summed E-state index contributed by atoms with van der Waals surface area (Å²) < 4.78 is 25.9. The Morgan fingerprint density at radius 1 is 1.18 bits per heavy atom. The highest BCUT2D eigenvalue weighted by molar-refractivity contribution is 7.89. The van der Waals surface area contributed by atoms with Gasteiger partial charge in [-0.25, -0.2) is 12.7 Å². The first-order chi connectivity index (χ1) is 13.1. The van der Waals surface area contributed by atoms with Crippen LogP contribution in [0.4, 0.5) is 5.69 Å². The van der Waals surface area contributed by atoms with Crippen LogP contribution in [0.1, 0.15) is 34.3 Å². The summed E-state index contributed by atoms with van der Waals surface area (Å²) in [4.78, 5) is 24.2. The SMILES string of the molecule is Cc1cc(S(=O)(=O)N(C)C)cc(NC(=O)CCCNC(=O)c2ccsc2)c1C. The van der Waals surface area contributed by atoms with E-state index in [4.69, 9.17) is 0 Å². The Morgan fingerprint density at radius 3 is 2.50 bits per heavy atom. The number of benzene rings is 1. The zero-order chi connectivity index (χ0) is 20.9. The highest BCUT2D eigenvalue weighted by Gasteiger charge is 2.20. The van der Waals surface area contributed by atoms with Gasteiger partial charge in [0.2, 0.25) is 15.9 Å². The van der Waals surface area contributed by atoms with Gasteiger partial charge in [0, 0.05) is 43.7 Å². The first kappa shape index (κ1) is 22.1. The number of thiophene rings is 1. The Labute approximate surface area is 169 Å². The van der Waals surface area contributed by atoms with Crippen LogP contribution in [0, 0.1) is 13.8 Å². The second-order valence-corrected chi connectivity index (χ2v) is 9.55. The van der Waals surface area contributed by atoms with Crippen molar-refractivity contribution in [2.24, 2.45) is 0 Å². The van der Waals surface area contributed by atoms with E-state index in [1.54, 1.807) is 24.4 Å². The zero-order valence-electron chi connectivity index (χ0n) is 16.4. The van der Waals surface area contributed by atoms with Gasteiger partial charge in [-0.3, -0.25) is 9.59 Å². The van der Waals surface area contributed by atoms with Crippen molar-refractivity contribution in [2.45, 2.75) is 31.6 Å². The molecule has 0 radical (unpaired) electrons. The Kier molecular flexibility index (Phi) is 7.34. The molecule has 0 atom stereocenters. The molecule has 152 valence electrons. The maximum atomic E-state index is 12.4. The number of amides is 2. The summed E-state index contributed by atoms with van der Waals surface area (Å²) in [6.45, 7) is 4.02. The van der Waals surface area contributed by atoms with E-state index in [1.165, 1.54) is 31.5 Å². The molecule has 9 heteroatoms. The van der Waals surface area contributed by atoms with Gasteiger partial charge in [-0.05, 0) is 55.0 Å². The van der Waals surface area contributed by atoms with Crippen molar-refractivity contribution in [3.63, 3.8) is 0 Å². The molecule has 0 aliphatic carbocycles. The summed E-state index contributed by atoms with van der Waals surface area (Å²) in [6.07, 6.45) is 0.697. The molecule has 2 aromatic rings. The summed E-state index contributed by atoms with van der Waals surface area (Å²) >= 11 is 1.45. The molecule has 0 aliphatic rings. The molecule has 0 saturated heterocycles. The fourth-order valence-electron chi connectivity index (χ4n) is 2.48. The lowest BCUT2D eigenvalue weighted by Crippen LogP contribution is -2.25. The average Bonchev–Trinajstić information content (AvgIpc) is 3.16. The Hall–Kier alpha value is -2.23. The minimum atomic E-state index is -3.59. The topological polar surface area (TPSA) is 95.6 Å². The number of aryl methyl sites for hydroxylation is 1. The third-order valence-corrected chi connectivity index (χ3v) is 6.82. The Bertz CT molecular complexity index is 952. The van der Waals surface area contributed by atoms with Crippen LogP contribution in [0.2, 0.25) is 0 Å². The predicted molar refractivity (Wildman–Crippen MR) is 111 cm³/mol. The summed E-state index contributed by atoms with van der Waals surface area (Å²) in [7, 11) is -0.660. The van der Waals surface area contributed by atoms with E-state index in [0.29, 0.717) is 24.2 Å². The van der Waals surface area contributed by atoms with E-state index in [0.717, 1.165) is 15.4 Å². The first-order valence-corrected chi connectivity index (χ1v) is 11.1. The monoisotopic (exact) mass is 423 g/mol. The van der Waals surface area contributed by atoms with Crippen molar-refractivity contribution in [2.75, 3.05) is 26.0 Å². The van der Waals surface area contributed by atoms with E-state index in [2.05, 4.69) is 10.6 Å². The Morgan fingerprint density at radius 2 is 1.89 bits per heavy atom. The van der Waals surface area contributed by atoms with E-state index in [9.17, 15) is 18.0 Å². The van der Waals surface area contributed by atoms with Crippen molar-refractivity contribution in [1.29, 1.82) is 0 Å². The second-order valence-electron chi connectivity index (χ2n) is 6.62. The smallest absolute Gasteiger partial charge is 0.252 e. The largest absolute Gasteiger partial charge is 0.352 e.